The second-order valence-electron chi connectivity index (χ2n) is 10.5. The molecule has 0 aliphatic heterocycles. The fourth-order valence-electron chi connectivity index (χ4n) is 4.61. The van der Waals surface area contributed by atoms with Gasteiger partial charge in [0.15, 0.2) is 0 Å². The van der Waals surface area contributed by atoms with Crippen molar-refractivity contribution in [2.24, 2.45) is 5.16 Å². The molecule has 1 N–H and O–H groups in total. The third-order valence-electron chi connectivity index (χ3n) is 6.91. The molecule has 0 saturated carbocycles. The molecule has 2 aromatic carbocycles. The van der Waals surface area contributed by atoms with Crippen molar-refractivity contribution < 1.29 is 19.5 Å². The summed E-state index contributed by atoms with van der Waals surface area (Å²) < 4.78 is 6.14. The Labute approximate surface area is 204 Å². The fourth-order valence-corrected chi connectivity index (χ4v) is 4.61. The van der Waals surface area contributed by atoms with Gasteiger partial charge in [-0.2, -0.15) is 0 Å². The van der Waals surface area contributed by atoms with Gasteiger partial charge in [-0.3, -0.25) is 0 Å². The molecule has 5 heteroatoms. The minimum absolute atomic E-state index is 0.0323. The van der Waals surface area contributed by atoms with Gasteiger partial charge in [-0.15, -0.1) is 0 Å². The smallest absolute Gasteiger partial charge is 0.335 e. The Bertz CT molecular complexity index is 1030. The number of carboxylic acids is 1. The van der Waals surface area contributed by atoms with Crippen LogP contribution >= 0.6 is 0 Å². The molecule has 0 fully saturated rings. The highest BCUT2D eigenvalue weighted by Gasteiger charge is 2.38. The van der Waals surface area contributed by atoms with Gasteiger partial charge in [0.2, 0.25) is 0 Å². The van der Waals surface area contributed by atoms with Gasteiger partial charge in [0.1, 0.15) is 18.1 Å². The molecule has 1 aliphatic rings. The van der Waals surface area contributed by atoms with E-state index < -0.39 is 5.97 Å². The summed E-state index contributed by atoms with van der Waals surface area (Å²) in [5.74, 6) is -0.168. The highest BCUT2D eigenvalue weighted by molar-refractivity contribution is 6.14. The number of fused-ring (bicyclic) bond motifs is 1. The fraction of sp³-hybridized carbons (Fsp3) is 0.517. The molecule has 2 aromatic rings. The first-order valence-corrected chi connectivity index (χ1v) is 12.5. The topological polar surface area (TPSA) is 68.1 Å². The summed E-state index contributed by atoms with van der Waals surface area (Å²) in [6.45, 7) is 14.4. The summed E-state index contributed by atoms with van der Waals surface area (Å²) >= 11 is 0. The number of carboxylic acid groups (broad SMARTS) is 1. The molecule has 0 spiro atoms. The molecule has 5 nitrogen and oxygen atoms in total. The van der Waals surface area contributed by atoms with E-state index in [4.69, 9.17) is 9.57 Å². The van der Waals surface area contributed by atoms with Crippen molar-refractivity contribution in [3.8, 4) is 5.75 Å². The molecular formula is C29H39NO4. The number of ether oxygens (including phenoxy) is 1. The Hall–Kier alpha value is -2.82. The molecule has 3 rings (SSSR count). The number of unbranched alkanes of at least 4 members (excludes halogenated alkanes) is 2. The lowest BCUT2D eigenvalue weighted by Crippen LogP contribution is -2.34. The predicted molar refractivity (Wildman–Crippen MR) is 137 cm³/mol. The van der Waals surface area contributed by atoms with Gasteiger partial charge in [0.05, 0.1) is 12.2 Å². The van der Waals surface area contributed by atoms with Crippen LogP contribution in [-0.4, -0.2) is 30.0 Å². The Kier molecular flexibility index (Phi) is 8.06. The van der Waals surface area contributed by atoms with E-state index in [1.165, 1.54) is 11.1 Å². The average molecular weight is 466 g/mol. The van der Waals surface area contributed by atoms with Crippen LogP contribution in [0.2, 0.25) is 0 Å². The molecular weight excluding hydrogens is 426 g/mol. The number of aromatic carboxylic acids is 1. The molecule has 0 bridgehead atoms. The van der Waals surface area contributed by atoms with Crippen LogP contribution in [0.5, 0.6) is 5.75 Å². The molecule has 1 aliphatic carbocycles. The molecule has 34 heavy (non-hydrogen) atoms. The van der Waals surface area contributed by atoms with Crippen molar-refractivity contribution in [1.82, 2.24) is 0 Å². The lowest BCUT2D eigenvalue weighted by atomic mass is 9.62. The van der Waals surface area contributed by atoms with Gasteiger partial charge >= 0.3 is 5.97 Å². The minimum Gasteiger partial charge on any atom is -0.493 e. The second-order valence-corrected chi connectivity index (χ2v) is 10.5. The zero-order chi connectivity index (χ0) is 24.9. The summed E-state index contributed by atoms with van der Waals surface area (Å²) in [5, 5.41) is 13.9. The quantitative estimate of drug-likeness (QED) is 0.231. The number of nitrogens with zero attached hydrogens (tertiary/aromatic N) is 1. The lowest BCUT2D eigenvalue weighted by Gasteiger charge is -2.42. The Balaban J connectivity index is 2.17. The van der Waals surface area contributed by atoms with Crippen LogP contribution in [-0.2, 0) is 15.7 Å². The summed E-state index contributed by atoms with van der Waals surface area (Å²) in [5.41, 5.74) is 5.31. The van der Waals surface area contributed by atoms with Crippen LogP contribution in [0.4, 0.5) is 0 Å². The number of hydrogen-bond acceptors (Lipinski definition) is 4. The Morgan fingerprint density at radius 2 is 1.53 bits per heavy atom. The first-order chi connectivity index (χ1) is 16.1. The molecule has 0 heterocycles. The lowest BCUT2D eigenvalue weighted by molar-refractivity contribution is 0.0697. The van der Waals surface area contributed by atoms with Crippen LogP contribution in [0.15, 0.2) is 41.6 Å². The number of rotatable bonds is 10. The highest BCUT2D eigenvalue weighted by atomic mass is 16.6. The number of hydrogen-bond donors (Lipinski definition) is 1. The Morgan fingerprint density at radius 1 is 0.941 bits per heavy atom. The zero-order valence-electron chi connectivity index (χ0n) is 21.5. The van der Waals surface area contributed by atoms with Crippen LogP contribution < -0.4 is 4.74 Å². The van der Waals surface area contributed by atoms with Gasteiger partial charge in [0.25, 0.3) is 0 Å². The average Bonchev–Trinajstić information content (AvgIpc) is 2.80. The largest absolute Gasteiger partial charge is 0.493 e. The predicted octanol–water partition coefficient (Wildman–Crippen LogP) is 7.09. The number of carbonyl (C=O) groups is 1. The monoisotopic (exact) mass is 465 g/mol. The van der Waals surface area contributed by atoms with E-state index in [2.05, 4.69) is 51.9 Å². The van der Waals surface area contributed by atoms with E-state index in [0.717, 1.165) is 49.0 Å². The van der Waals surface area contributed by atoms with Crippen LogP contribution in [0, 0.1) is 0 Å². The highest BCUT2D eigenvalue weighted by Crippen LogP contribution is 2.48. The standard InChI is InChI=1S/C29H39NO4/c1-7-9-10-17-34-30-26(20-11-13-21(14-12-20)27(31)32)22-18-23-24(19-25(22)33-8-2)29(5,6)16-15-28(23,3)4/h11-14,18-19H,7-10,15-17H2,1-6H3,(H,31,32)/b30-26+. The number of benzene rings is 2. The SMILES string of the molecule is CCCCCO/N=C(\c1ccc(C(=O)O)cc1)c1cc2c(cc1OCC)C(C)(C)CCC2(C)C. The Morgan fingerprint density at radius 3 is 2.09 bits per heavy atom. The molecule has 0 saturated heterocycles. The van der Waals surface area contributed by atoms with Crippen molar-refractivity contribution in [3.05, 3.63) is 64.2 Å². The summed E-state index contributed by atoms with van der Waals surface area (Å²) in [6.07, 6.45) is 5.37. The van der Waals surface area contributed by atoms with E-state index in [0.29, 0.717) is 18.9 Å². The minimum atomic E-state index is -0.950. The molecule has 184 valence electrons. The van der Waals surface area contributed by atoms with Crippen molar-refractivity contribution in [3.63, 3.8) is 0 Å². The maximum absolute atomic E-state index is 11.4. The molecule has 0 radical (unpaired) electrons. The van der Waals surface area contributed by atoms with E-state index in [-0.39, 0.29) is 16.4 Å². The molecule has 0 unspecified atom stereocenters. The van der Waals surface area contributed by atoms with Gasteiger partial charge in [-0.1, -0.05) is 64.7 Å². The first-order valence-electron chi connectivity index (χ1n) is 12.5. The summed E-state index contributed by atoms with van der Waals surface area (Å²) in [4.78, 5) is 17.2. The van der Waals surface area contributed by atoms with Gasteiger partial charge < -0.3 is 14.7 Å². The first kappa shape index (κ1) is 25.8. The van der Waals surface area contributed by atoms with E-state index in [9.17, 15) is 9.90 Å². The van der Waals surface area contributed by atoms with Crippen LogP contribution in [0.1, 0.15) is 106 Å². The van der Waals surface area contributed by atoms with E-state index in [1.807, 2.05) is 6.92 Å². The van der Waals surface area contributed by atoms with Crippen molar-refractivity contribution in [1.29, 1.82) is 0 Å². The van der Waals surface area contributed by atoms with Crippen molar-refractivity contribution in [2.75, 3.05) is 13.2 Å². The third-order valence-corrected chi connectivity index (χ3v) is 6.91. The van der Waals surface area contributed by atoms with Gasteiger partial charge in [0, 0.05) is 11.1 Å². The maximum Gasteiger partial charge on any atom is 0.335 e. The molecule has 0 atom stereocenters. The van der Waals surface area contributed by atoms with Crippen LogP contribution in [0.25, 0.3) is 0 Å². The zero-order valence-corrected chi connectivity index (χ0v) is 21.5. The summed E-state index contributed by atoms with van der Waals surface area (Å²) in [6, 6.07) is 11.2. The van der Waals surface area contributed by atoms with Gasteiger partial charge in [-0.25, -0.2) is 4.79 Å². The normalized spacial score (nSPS) is 16.6. The molecule has 0 amide bonds. The molecule has 0 aromatic heterocycles. The second kappa shape index (κ2) is 10.6. The number of oxime groups is 1. The van der Waals surface area contributed by atoms with E-state index in [1.54, 1.807) is 24.3 Å². The maximum atomic E-state index is 11.4. The third kappa shape index (κ3) is 5.63. The van der Waals surface area contributed by atoms with Crippen molar-refractivity contribution >= 4 is 11.7 Å². The van der Waals surface area contributed by atoms with Crippen LogP contribution in [0.3, 0.4) is 0 Å². The van der Waals surface area contributed by atoms with Crippen molar-refractivity contribution in [2.45, 2.75) is 84.5 Å². The summed E-state index contributed by atoms with van der Waals surface area (Å²) in [7, 11) is 0. The van der Waals surface area contributed by atoms with E-state index >= 15 is 0 Å². The van der Waals surface area contributed by atoms with Gasteiger partial charge in [-0.05, 0) is 72.4 Å².